The highest BCUT2D eigenvalue weighted by Crippen LogP contribution is 2.32. The molecule has 7 nitrogen and oxygen atoms in total. The average molecular weight is 336 g/mol. The van der Waals surface area contributed by atoms with Gasteiger partial charge in [-0.05, 0) is 31.2 Å². The Morgan fingerprint density at radius 1 is 1.48 bits per heavy atom. The van der Waals surface area contributed by atoms with Crippen molar-refractivity contribution in [1.82, 2.24) is 14.9 Å². The molecule has 120 valence electrons. The first-order valence-electron chi connectivity index (χ1n) is 6.41. The van der Waals surface area contributed by atoms with Gasteiger partial charge in [-0.3, -0.25) is 9.40 Å². The summed E-state index contributed by atoms with van der Waals surface area (Å²) in [6.07, 6.45) is 1.96. The first-order chi connectivity index (χ1) is 11.1. The number of benzene rings is 1. The molecule has 0 radical (unpaired) electrons. The summed E-state index contributed by atoms with van der Waals surface area (Å²) >= 11 is -1.89. The van der Waals surface area contributed by atoms with Crippen molar-refractivity contribution in [2.45, 2.75) is 0 Å². The Labute approximate surface area is 134 Å². The number of rotatable bonds is 5. The van der Waals surface area contributed by atoms with Crippen LogP contribution < -0.4 is 9.03 Å². The van der Waals surface area contributed by atoms with Crippen molar-refractivity contribution >= 4 is 23.1 Å². The third-order valence-corrected chi connectivity index (χ3v) is 3.87. The fourth-order valence-corrected chi connectivity index (χ4v) is 2.52. The molecule has 0 amide bonds. The molecule has 0 aliphatic heterocycles. The summed E-state index contributed by atoms with van der Waals surface area (Å²) < 4.78 is 29.8. The van der Waals surface area contributed by atoms with Crippen molar-refractivity contribution in [2.24, 2.45) is 0 Å². The number of hydrogen-bond acceptors (Lipinski definition) is 4. The zero-order valence-corrected chi connectivity index (χ0v) is 12.9. The molecule has 0 aliphatic carbocycles. The lowest BCUT2D eigenvalue weighted by Gasteiger charge is -2.21. The van der Waals surface area contributed by atoms with Gasteiger partial charge in [-0.15, -0.1) is 0 Å². The van der Waals surface area contributed by atoms with Crippen LogP contribution >= 0.6 is 0 Å². The van der Waals surface area contributed by atoms with Crippen molar-refractivity contribution in [2.75, 3.05) is 17.9 Å². The summed E-state index contributed by atoms with van der Waals surface area (Å²) in [5.74, 6) is 3.95. The second kappa shape index (κ2) is 7.53. The number of phenolic OH excluding ortho intramolecular Hbond substituents is 1. The molecular weight excluding hydrogens is 323 g/mol. The van der Waals surface area contributed by atoms with E-state index in [1.165, 1.54) is 25.4 Å². The highest BCUT2D eigenvalue weighted by molar-refractivity contribution is 7.84. The number of anilines is 1. The summed E-state index contributed by atoms with van der Waals surface area (Å²) in [5.41, 5.74) is 0.111. The van der Waals surface area contributed by atoms with Crippen LogP contribution in [0.2, 0.25) is 0 Å². The van der Waals surface area contributed by atoms with Gasteiger partial charge in [0.25, 0.3) is 0 Å². The number of aromatic hydroxyl groups is 1. The maximum Gasteiger partial charge on any atom is 0.196 e. The Bertz CT molecular complexity index is 783. The van der Waals surface area contributed by atoms with Crippen molar-refractivity contribution in [3.63, 3.8) is 0 Å². The normalized spacial score (nSPS) is 11.4. The number of aldehydes is 1. The fourth-order valence-electron chi connectivity index (χ4n) is 1.77. The van der Waals surface area contributed by atoms with Gasteiger partial charge in [-0.2, -0.15) is 5.10 Å². The lowest BCUT2D eigenvalue weighted by molar-refractivity contribution is -0.106. The van der Waals surface area contributed by atoms with Gasteiger partial charge in [0.15, 0.2) is 17.0 Å². The molecule has 0 saturated heterocycles. The van der Waals surface area contributed by atoms with E-state index >= 15 is 0 Å². The van der Waals surface area contributed by atoms with Crippen LogP contribution in [-0.4, -0.2) is 39.4 Å². The molecule has 0 aliphatic rings. The van der Waals surface area contributed by atoms with Crippen LogP contribution in [0.3, 0.4) is 0 Å². The fraction of sp³-hybridized carbons (Fsp3) is 0.143. The molecule has 0 bridgehead atoms. The molecule has 0 fully saturated rings. The minimum absolute atomic E-state index is 0.0172. The van der Waals surface area contributed by atoms with E-state index in [4.69, 9.17) is 0 Å². The molecule has 3 N–H and O–H groups in total. The van der Waals surface area contributed by atoms with Crippen molar-refractivity contribution in [3.8, 4) is 17.6 Å². The monoisotopic (exact) mass is 336 g/mol. The zero-order chi connectivity index (χ0) is 16.8. The van der Waals surface area contributed by atoms with E-state index < -0.39 is 22.7 Å². The number of nitrogens with one attached hydrogen (secondary N) is 2. The topological polar surface area (TPSA) is 98.3 Å². The molecular formula is C14H13FN4O3S. The predicted octanol–water partition coefficient (Wildman–Crippen LogP) is 0.458. The van der Waals surface area contributed by atoms with Gasteiger partial charge in [0.2, 0.25) is 0 Å². The SMILES string of the molecule is CNS(=O)N(CC=O)c1c(O)ccc(C#Cc2ccn[nH]2)c1F. The van der Waals surface area contributed by atoms with Crippen LogP contribution in [0, 0.1) is 17.7 Å². The predicted molar refractivity (Wildman–Crippen MR) is 83.2 cm³/mol. The lowest BCUT2D eigenvalue weighted by Crippen LogP contribution is -2.35. The molecule has 1 heterocycles. The van der Waals surface area contributed by atoms with Crippen LogP contribution in [0.5, 0.6) is 5.75 Å². The summed E-state index contributed by atoms with van der Waals surface area (Å²) in [4.78, 5) is 10.8. The Morgan fingerprint density at radius 2 is 2.26 bits per heavy atom. The summed E-state index contributed by atoms with van der Waals surface area (Å²) in [7, 11) is 1.38. The van der Waals surface area contributed by atoms with Crippen molar-refractivity contribution < 1.29 is 18.5 Å². The van der Waals surface area contributed by atoms with E-state index in [0.717, 1.165) is 4.31 Å². The summed E-state index contributed by atoms with van der Waals surface area (Å²) in [6, 6.07) is 4.12. The van der Waals surface area contributed by atoms with E-state index in [0.29, 0.717) is 12.0 Å². The van der Waals surface area contributed by atoms with E-state index in [2.05, 4.69) is 26.8 Å². The second-order valence-electron chi connectivity index (χ2n) is 4.20. The lowest BCUT2D eigenvalue weighted by atomic mass is 10.1. The number of halogens is 1. The molecule has 2 aromatic rings. The summed E-state index contributed by atoms with van der Waals surface area (Å²) in [5, 5.41) is 16.2. The maximum absolute atomic E-state index is 14.6. The van der Waals surface area contributed by atoms with Gasteiger partial charge in [-0.25, -0.2) is 13.3 Å². The Hall–Kier alpha value is -2.70. The number of carbonyl (C=O) groups excluding carboxylic acids is 1. The molecule has 9 heteroatoms. The Balaban J connectivity index is 2.49. The number of hydrogen-bond donors (Lipinski definition) is 3. The van der Waals surface area contributed by atoms with Gasteiger partial charge in [0.05, 0.1) is 12.1 Å². The third kappa shape index (κ3) is 3.74. The molecule has 1 aromatic carbocycles. The Morgan fingerprint density at radius 3 is 2.87 bits per heavy atom. The Kier molecular flexibility index (Phi) is 5.46. The van der Waals surface area contributed by atoms with Crippen molar-refractivity contribution in [1.29, 1.82) is 0 Å². The number of H-pyrrole nitrogens is 1. The van der Waals surface area contributed by atoms with Gasteiger partial charge in [0.1, 0.15) is 23.4 Å². The van der Waals surface area contributed by atoms with Crippen LogP contribution in [0.4, 0.5) is 10.1 Å². The minimum Gasteiger partial charge on any atom is -0.506 e. The van der Waals surface area contributed by atoms with Crippen LogP contribution in [0.1, 0.15) is 11.3 Å². The van der Waals surface area contributed by atoms with Crippen LogP contribution in [-0.2, 0) is 16.0 Å². The number of aromatic nitrogens is 2. The maximum atomic E-state index is 14.6. The van der Waals surface area contributed by atoms with Crippen LogP contribution in [0.25, 0.3) is 0 Å². The van der Waals surface area contributed by atoms with Gasteiger partial charge >= 0.3 is 0 Å². The standard InChI is InChI=1S/C14H13FN4O3S/c1-16-23(22)19(8-9-20)14-12(21)5-3-10(13(14)15)2-4-11-6-7-17-18-11/h3,5-7,9,16,21H,8H2,1H3,(H,17,18). The van der Waals surface area contributed by atoms with E-state index in [9.17, 15) is 18.5 Å². The number of nitrogens with zero attached hydrogens (tertiary/aromatic N) is 2. The molecule has 0 saturated carbocycles. The first-order valence-corrected chi connectivity index (χ1v) is 7.52. The highest BCUT2D eigenvalue weighted by atomic mass is 32.2. The average Bonchev–Trinajstić information content (AvgIpc) is 3.06. The first kappa shape index (κ1) is 16.7. The van der Waals surface area contributed by atoms with Crippen molar-refractivity contribution in [3.05, 3.63) is 41.5 Å². The summed E-state index contributed by atoms with van der Waals surface area (Å²) in [6.45, 7) is -0.366. The minimum atomic E-state index is -1.89. The van der Waals surface area contributed by atoms with Gasteiger partial charge in [-0.1, -0.05) is 5.92 Å². The molecule has 2 rings (SSSR count). The third-order valence-electron chi connectivity index (χ3n) is 2.79. The number of carbonyl (C=O) groups is 1. The molecule has 1 unspecified atom stereocenters. The molecule has 1 atom stereocenters. The number of aromatic amines is 1. The molecule has 0 spiro atoms. The quantitative estimate of drug-likeness (QED) is 0.546. The van der Waals surface area contributed by atoms with E-state index in [1.807, 2.05) is 0 Å². The van der Waals surface area contributed by atoms with Crippen LogP contribution in [0.15, 0.2) is 24.4 Å². The highest BCUT2D eigenvalue weighted by Gasteiger charge is 2.22. The largest absolute Gasteiger partial charge is 0.506 e. The molecule has 1 aromatic heterocycles. The number of phenols is 1. The van der Waals surface area contributed by atoms with E-state index in [1.54, 1.807) is 6.07 Å². The second-order valence-corrected chi connectivity index (χ2v) is 5.54. The zero-order valence-electron chi connectivity index (χ0n) is 12.0. The molecule has 23 heavy (non-hydrogen) atoms. The smallest absolute Gasteiger partial charge is 0.196 e. The van der Waals surface area contributed by atoms with Gasteiger partial charge in [0, 0.05) is 6.20 Å². The van der Waals surface area contributed by atoms with Gasteiger partial charge < -0.3 is 9.90 Å². The van der Waals surface area contributed by atoms with E-state index in [-0.39, 0.29) is 17.8 Å².